The molecular formula is C14H28Si2. The van der Waals surface area contributed by atoms with Crippen LogP contribution < -0.4 is 0 Å². The Morgan fingerprint density at radius 2 is 1.25 bits per heavy atom. The van der Waals surface area contributed by atoms with Crippen LogP contribution in [-0.4, -0.2) is 16.6 Å². The molecule has 16 heavy (non-hydrogen) atoms. The van der Waals surface area contributed by atoms with Gasteiger partial charge in [-0.25, -0.2) is 0 Å². The van der Waals surface area contributed by atoms with E-state index in [1.807, 2.05) is 0 Å². The zero-order valence-corrected chi connectivity index (χ0v) is 13.4. The van der Waals surface area contributed by atoms with Gasteiger partial charge in [0, 0.05) is 16.6 Å². The van der Waals surface area contributed by atoms with Gasteiger partial charge in [-0.05, 0) is 19.3 Å². The average molecular weight is 253 g/mol. The summed E-state index contributed by atoms with van der Waals surface area (Å²) in [6, 6.07) is 5.88. The zero-order valence-electron chi connectivity index (χ0n) is 11.0. The second-order valence-electron chi connectivity index (χ2n) is 4.73. The molecule has 0 N–H and O–H groups in total. The summed E-state index contributed by atoms with van der Waals surface area (Å²) in [6.45, 7) is 14.0. The Hall–Kier alpha value is -0.346. The fourth-order valence-electron chi connectivity index (χ4n) is 2.51. The highest BCUT2D eigenvalue weighted by Gasteiger charge is 2.29. The molecule has 0 radical (unpaired) electrons. The smallest absolute Gasteiger partial charge is 0.0410 e. The molecule has 0 saturated carbocycles. The third-order valence-electron chi connectivity index (χ3n) is 3.42. The molecule has 0 aliphatic heterocycles. The monoisotopic (exact) mass is 252 g/mol. The summed E-state index contributed by atoms with van der Waals surface area (Å²) >= 11 is 0. The second kappa shape index (κ2) is 9.85. The van der Waals surface area contributed by atoms with Gasteiger partial charge < -0.3 is 0 Å². The van der Waals surface area contributed by atoms with E-state index < -0.39 is 7.59 Å². The van der Waals surface area contributed by atoms with E-state index in [4.69, 9.17) is 0 Å². The van der Waals surface area contributed by atoms with Crippen molar-refractivity contribution in [3.63, 3.8) is 0 Å². The zero-order chi connectivity index (χ0) is 12.3. The van der Waals surface area contributed by atoms with Gasteiger partial charge in [0.2, 0.25) is 0 Å². The van der Waals surface area contributed by atoms with Gasteiger partial charge in [-0.15, -0.1) is 19.7 Å². The second-order valence-corrected chi connectivity index (χ2v) is 16.7. The van der Waals surface area contributed by atoms with Crippen molar-refractivity contribution in [1.29, 1.82) is 0 Å². The Morgan fingerprint density at radius 3 is 1.50 bits per heavy atom. The maximum Gasteiger partial charge on any atom is 0.0410 e. The molecule has 0 unspecified atom stereocenters. The van der Waals surface area contributed by atoms with E-state index >= 15 is 0 Å². The van der Waals surface area contributed by atoms with Gasteiger partial charge in [0.25, 0.3) is 0 Å². The van der Waals surface area contributed by atoms with Crippen LogP contribution in [0.25, 0.3) is 0 Å². The summed E-state index contributed by atoms with van der Waals surface area (Å²) < 4.78 is 0. The summed E-state index contributed by atoms with van der Waals surface area (Å²) in [7, 11) is -0.770. The average Bonchev–Trinajstić information content (AvgIpc) is 2.31. The summed E-state index contributed by atoms with van der Waals surface area (Å²) in [5.41, 5.74) is 0. The summed E-state index contributed by atoms with van der Waals surface area (Å²) in [5.74, 6) is 0. The molecule has 0 rings (SSSR count). The Kier molecular flexibility index (Phi) is 9.64. The van der Waals surface area contributed by atoms with E-state index in [0.29, 0.717) is 0 Å². The molecule has 92 valence electrons. The molecule has 0 aliphatic rings. The third-order valence-corrected chi connectivity index (χ3v) is 16.9. The van der Waals surface area contributed by atoms with Crippen LogP contribution in [0.2, 0.25) is 24.2 Å². The Bertz CT molecular complexity index is 177. The minimum atomic E-state index is -0.933. The molecule has 0 bridgehead atoms. The topological polar surface area (TPSA) is 0 Å². The number of rotatable bonds is 11. The lowest BCUT2D eigenvalue weighted by atomic mass is 10.5. The molecule has 0 amide bonds. The Morgan fingerprint density at radius 1 is 0.875 bits per heavy atom. The Balaban J connectivity index is 4.48. The first-order valence-corrected chi connectivity index (χ1v) is 12.5. The first-order chi connectivity index (χ1) is 7.74. The summed E-state index contributed by atoms with van der Waals surface area (Å²) in [6.07, 6.45) is 10.0. The van der Waals surface area contributed by atoms with Gasteiger partial charge in [-0.1, -0.05) is 49.3 Å². The molecule has 0 aromatic heterocycles. The van der Waals surface area contributed by atoms with E-state index in [1.54, 1.807) is 0 Å². The molecule has 2 heteroatoms. The normalized spacial score (nSPS) is 11.8. The number of allylic oxidation sites excluding steroid dienone is 3. The van der Waals surface area contributed by atoms with Gasteiger partial charge in [0.15, 0.2) is 0 Å². The maximum absolute atomic E-state index is 3.88. The van der Waals surface area contributed by atoms with Crippen LogP contribution in [0.5, 0.6) is 0 Å². The minimum absolute atomic E-state index is 0.163. The van der Waals surface area contributed by atoms with Crippen molar-refractivity contribution in [1.82, 2.24) is 0 Å². The minimum Gasteiger partial charge on any atom is -0.103 e. The quantitative estimate of drug-likeness (QED) is 0.381. The van der Waals surface area contributed by atoms with Gasteiger partial charge in [-0.2, -0.15) is 0 Å². The molecule has 0 nitrogen and oxygen atoms in total. The fraction of sp³-hybridized carbons (Fsp3) is 0.571. The van der Waals surface area contributed by atoms with Crippen LogP contribution in [-0.2, 0) is 0 Å². The first-order valence-electron chi connectivity index (χ1n) is 6.57. The number of hydrogen-bond donors (Lipinski definition) is 0. The van der Waals surface area contributed by atoms with Crippen LogP contribution in [0.1, 0.15) is 26.2 Å². The summed E-state index contributed by atoms with van der Waals surface area (Å²) in [4.78, 5) is 0. The van der Waals surface area contributed by atoms with Crippen molar-refractivity contribution in [3.05, 3.63) is 38.0 Å². The van der Waals surface area contributed by atoms with Crippen molar-refractivity contribution in [2.45, 2.75) is 50.4 Å². The van der Waals surface area contributed by atoms with Crippen molar-refractivity contribution < 1.29 is 0 Å². The lowest BCUT2D eigenvalue weighted by molar-refractivity contribution is 1.04. The highest BCUT2D eigenvalue weighted by Crippen LogP contribution is 2.26. The van der Waals surface area contributed by atoms with Crippen molar-refractivity contribution in [2.75, 3.05) is 0 Å². The number of hydrogen-bond acceptors (Lipinski definition) is 0. The first kappa shape index (κ1) is 15.7. The van der Waals surface area contributed by atoms with E-state index in [9.17, 15) is 0 Å². The molecule has 0 atom stereocenters. The maximum atomic E-state index is 3.88. The molecule has 0 aliphatic carbocycles. The van der Waals surface area contributed by atoms with Crippen LogP contribution in [0.3, 0.4) is 0 Å². The molecule has 0 aromatic carbocycles. The van der Waals surface area contributed by atoms with Gasteiger partial charge in [0.05, 0.1) is 0 Å². The SMILES string of the molecule is C=CCC[Si](CCC=C)(CCC=C)[SiH2]CC. The van der Waals surface area contributed by atoms with Crippen molar-refractivity contribution in [2.24, 2.45) is 0 Å². The van der Waals surface area contributed by atoms with Crippen molar-refractivity contribution >= 4 is 16.6 Å². The van der Waals surface area contributed by atoms with E-state index in [2.05, 4.69) is 44.9 Å². The molecule has 0 spiro atoms. The highest BCUT2D eigenvalue weighted by atomic mass is 29.2. The lowest BCUT2D eigenvalue weighted by Crippen LogP contribution is -2.41. The molecule has 0 saturated heterocycles. The van der Waals surface area contributed by atoms with Gasteiger partial charge >= 0.3 is 0 Å². The third kappa shape index (κ3) is 6.28. The standard InChI is InChI=1S/C14H28Si2/c1-5-9-12-16(15-8-4,13-10-6-2)14-11-7-3/h5-7H,1-3,8-15H2,4H3. The van der Waals surface area contributed by atoms with Gasteiger partial charge in [-0.3, -0.25) is 0 Å². The largest absolute Gasteiger partial charge is 0.103 e. The Labute approximate surface area is 105 Å². The van der Waals surface area contributed by atoms with E-state index in [0.717, 1.165) is 0 Å². The van der Waals surface area contributed by atoms with Crippen LogP contribution in [0.15, 0.2) is 38.0 Å². The molecule has 0 fully saturated rings. The van der Waals surface area contributed by atoms with Gasteiger partial charge in [0.1, 0.15) is 0 Å². The molecule has 0 aromatic rings. The van der Waals surface area contributed by atoms with Crippen LogP contribution >= 0.6 is 0 Å². The summed E-state index contributed by atoms with van der Waals surface area (Å²) in [5, 5.41) is 0. The predicted octanol–water partition coefficient (Wildman–Crippen LogP) is 4.27. The van der Waals surface area contributed by atoms with Crippen LogP contribution in [0.4, 0.5) is 0 Å². The van der Waals surface area contributed by atoms with Crippen LogP contribution in [0, 0.1) is 0 Å². The fourth-order valence-corrected chi connectivity index (χ4v) is 14.8. The van der Waals surface area contributed by atoms with Crippen molar-refractivity contribution in [3.8, 4) is 0 Å². The van der Waals surface area contributed by atoms with E-state index in [1.165, 1.54) is 43.4 Å². The molecule has 0 heterocycles. The predicted molar refractivity (Wildman–Crippen MR) is 83.6 cm³/mol. The lowest BCUT2D eigenvalue weighted by Gasteiger charge is -2.31. The van der Waals surface area contributed by atoms with E-state index in [-0.39, 0.29) is 9.04 Å². The molecular weight excluding hydrogens is 224 g/mol. The highest BCUT2D eigenvalue weighted by molar-refractivity contribution is 7.24.